The van der Waals surface area contributed by atoms with Gasteiger partial charge < -0.3 is 5.73 Å². The van der Waals surface area contributed by atoms with Crippen LogP contribution in [0.1, 0.15) is 5.56 Å². The molecule has 47 valence electrons. The SMILES string of the molecule is Nc1ncccc1C[O]. The van der Waals surface area contributed by atoms with Crippen LogP contribution in [0.4, 0.5) is 5.82 Å². The lowest BCUT2D eigenvalue weighted by Crippen LogP contribution is -1.94. The summed E-state index contributed by atoms with van der Waals surface area (Å²) in [5, 5.41) is 10.2. The quantitative estimate of drug-likeness (QED) is 0.594. The Morgan fingerprint density at radius 3 is 2.89 bits per heavy atom. The zero-order valence-electron chi connectivity index (χ0n) is 4.87. The van der Waals surface area contributed by atoms with E-state index in [1.807, 2.05) is 0 Å². The summed E-state index contributed by atoms with van der Waals surface area (Å²) in [6.45, 7) is -0.292. The van der Waals surface area contributed by atoms with Gasteiger partial charge in [-0.1, -0.05) is 6.07 Å². The summed E-state index contributed by atoms with van der Waals surface area (Å²) in [5.74, 6) is 0.340. The van der Waals surface area contributed by atoms with Crippen molar-refractivity contribution in [1.82, 2.24) is 4.98 Å². The average Bonchev–Trinajstić information content (AvgIpc) is 1.89. The van der Waals surface area contributed by atoms with Gasteiger partial charge >= 0.3 is 0 Å². The maximum atomic E-state index is 10.2. The molecule has 0 aliphatic carbocycles. The van der Waals surface area contributed by atoms with Gasteiger partial charge in [-0.05, 0) is 6.07 Å². The monoisotopic (exact) mass is 123 g/mol. The second-order valence-electron chi connectivity index (χ2n) is 1.69. The molecule has 0 fully saturated rings. The predicted octanol–water partition coefficient (Wildman–Crippen LogP) is 0.594. The molecule has 1 radical (unpaired) electrons. The fourth-order valence-corrected chi connectivity index (χ4v) is 0.573. The molecular formula is C6H7N2O. The lowest BCUT2D eigenvalue weighted by Gasteiger charge is -1.95. The van der Waals surface area contributed by atoms with Gasteiger partial charge in [0.25, 0.3) is 0 Å². The molecule has 1 rings (SSSR count). The molecule has 3 nitrogen and oxygen atoms in total. The Morgan fingerprint density at radius 1 is 1.67 bits per heavy atom. The molecule has 0 atom stereocenters. The number of hydrogen-bond acceptors (Lipinski definition) is 2. The highest BCUT2D eigenvalue weighted by Gasteiger charge is 1.94. The van der Waals surface area contributed by atoms with Gasteiger partial charge in [0.1, 0.15) is 12.4 Å². The molecule has 0 bridgehead atoms. The van der Waals surface area contributed by atoms with E-state index in [0.29, 0.717) is 11.4 Å². The van der Waals surface area contributed by atoms with E-state index < -0.39 is 0 Å². The molecule has 0 amide bonds. The molecule has 0 unspecified atom stereocenters. The van der Waals surface area contributed by atoms with E-state index in [4.69, 9.17) is 5.73 Å². The van der Waals surface area contributed by atoms with Crippen molar-refractivity contribution in [2.45, 2.75) is 6.61 Å². The molecule has 2 N–H and O–H groups in total. The van der Waals surface area contributed by atoms with Crippen LogP contribution >= 0.6 is 0 Å². The topological polar surface area (TPSA) is 58.8 Å². The molecule has 3 heteroatoms. The minimum atomic E-state index is -0.292. The van der Waals surface area contributed by atoms with Crippen LogP contribution < -0.4 is 5.73 Å². The van der Waals surface area contributed by atoms with E-state index >= 15 is 0 Å². The van der Waals surface area contributed by atoms with Crippen molar-refractivity contribution in [3.05, 3.63) is 23.9 Å². The first kappa shape index (κ1) is 6.04. The van der Waals surface area contributed by atoms with Crippen LogP contribution in [-0.4, -0.2) is 4.98 Å². The van der Waals surface area contributed by atoms with E-state index in [9.17, 15) is 5.11 Å². The van der Waals surface area contributed by atoms with E-state index in [-0.39, 0.29) is 6.61 Å². The Balaban J connectivity index is 3.01. The molecule has 0 aliphatic heterocycles. The molecule has 0 aliphatic rings. The van der Waals surface area contributed by atoms with Gasteiger partial charge in [0.15, 0.2) is 0 Å². The first-order valence-electron chi connectivity index (χ1n) is 2.62. The fourth-order valence-electron chi connectivity index (χ4n) is 0.573. The van der Waals surface area contributed by atoms with E-state index in [1.54, 1.807) is 18.3 Å². The maximum Gasteiger partial charge on any atom is 0.128 e. The smallest absolute Gasteiger partial charge is 0.128 e. The molecular weight excluding hydrogens is 116 g/mol. The van der Waals surface area contributed by atoms with E-state index in [0.717, 1.165) is 0 Å². The number of nitrogens with zero attached hydrogens (tertiary/aromatic N) is 1. The Morgan fingerprint density at radius 2 is 2.44 bits per heavy atom. The molecule has 1 heterocycles. The number of nitrogen functional groups attached to an aromatic ring is 1. The first-order chi connectivity index (χ1) is 4.34. The van der Waals surface area contributed by atoms with Crippen LogP contribution in [0.15, 0.2) is 18.3 Å². The third kappa shape index (κ3) is 1.17. The summed E-state index contributed by atoms with van der Waals surface area (Å²) < 4.78 is 0. The van der Waals surface area contributed by atoms with Crippen LogP contribution in [0.5, 0.6) is 0 Å². The zero-order chi connectivity index (χ0) is 6.69. The van der Waals surface area contributed by atoms with Crippen molar-refractivity contribution < 1.29 is 5.11 Å². The summed E-state index contributed by atoms with van der Waals surface area (Å²) >= 11 is 0. The van der Waals surface area contributed by atoms with Crippen LogP contribution in [-0.2, 0) is 11.7 Å². The normalized spacial score (nSPS) is 9.44. The first-order valence-corrected chi connectivity index (χ1v) is 2.62. The molecule has 9 heavy (non-hydrogen) atoms. The number of rotatable bonds is 1. The van der Waals surface area contributed by atoms with Gasteiger partial charge in [0.2, 0.25) is 0 Å². The lowest BCUT2D eigenvalue weighted by atomic mass is 10.3. The van der Waals surface area contributed by atoms with Crippen LogP contribution in [0.25, 0.3) is 0 Å². The van der Waals surface area contributed by atoms with Gasteiger partial charge in [-0.3, -0.25) is 0 Å². The van der Waals surface area contributed by atoms with Gasteiger partial charge in [0, 0.05) is 11.8 Å². The van der Waals surface area contributed by atoms with Crippen LogP contribution in [0.2, 0.25) is 0 Å². The van der Waals surface area contributed by atoms with Crippen molar-refractivity contribution in [3.63, 3.8) is 0 Å². The summed E-state index contributed by atoms with van der Waals surface area (Å²) in [6, 6.07) is 3.37. The van der Waals surface area contributed by atoms with Crippen molar-refractivity contribution >= 4 is 5.82 Å². The second-order valence-corrected chi connectivity index (χ2v) is 1.69. The summed E-state index contributed by atoms with van der Waals surface area (Å²) in [5.41, 5.74) is 5.89. The fraction of sp³-hybridized carbons (Fsp3) is 0.167. The van der Waals surface area contributed by atoms with Crippen molar-refractivity contribution in [2.24, 2.45) is 0 Å². The molecule has 1 aromatic rings. The number of pyridine rings is 1. The van der Waals surface area contributed by atoms with Gasteiger partial charge in [0.05, 0.1) is 0 Å². The highest BCUT2D eigenvalue weighted by Crippen LogP contribution is 2.05. The third-order valence-corrected chi connectivity index (χ3v) is 1.08. The minimum absolute atomic E-state index is 0.292. The van der Waals surface area contributed by atoms with E-state index in [2.05, 4.69) is 4.98 Å². The average molecular weight is 123 g/mol. The van der Waals surface area contributed by atoms with Crippen molar-refractivity contribution in [2.75, 3.05) is 5.73 Å². The van der Waals surface area contributed by atoms with Crippen molar-refractivity contribution in [3.8, 4) is 0 Å². The maximum absolute atomic E-state index is 10.2. The standard InChI is InChI=1S/C6H7N2O/c7-6-5(4-9)2-1-3-8-6/h1-3H,4H2,(H2,7,8). The van der Waals surface area contributed by atoms with Gasteiger partial charge in [-0.2, -0.15) is 0 Å². The second kappa shape index (κ2) is 2.46. The number of aromatic nitrogens is 1. The minimum Gasteiger partial charge on any atom is -0.383 e. The zero-order valence-corrected chi connectivity index (χ0v) is 4.87. The molecule has 0 saturated heterocycles. The number of anilines is 1. The summed E-state index contributed by atoms with van der Waals surface area (Å²) in [4.78, 5) is 3.73. The molecule has 0 spiro atoms. The van der Waals surface area contributed by atoms with Gasteiger partial charge in [-0.15, -0.1) is 0 Å². The van der Waals surface area contributed by atoms with Crippen LogP contribution in [0.3, 0.4) is 0 Å². The Labute approximate surface area is 53.2 Å². The third-order valence-electron chi connectivity index (χ3n) is 1.08. The lowest BCUT2D eigenvalue weighted by molar-refractivity contribution is 0.178. The van der Waals surface area contributed by atoms with E-state index in [1.165, 1.54) is 0 Å². The number of nitrogens with two attached hydrogens (primary N) is 1. The Hall–Kier alpha value is -1.09. The molecule has 1 aromatic heterocycles. The molecule has 0 saturated carbocycles. The summed E-state index contributed by atoms with van der Waals surface area (Å²) in [6.07, 6.45) is 1.56. The summed E-state index contributed by atoms with van der Waals surface area (Å²) in [7, 11) is 0. The Kier molecular flexibility index (Phi) is 1.65. The highest BCUT2D eigenvalue weighted by atomic mass is 16.3. The van der Waals surface area contributed by atoms with Crippen LogP contribution in [0, 0.1) is 0 Å². The predicted molar refractivity (Wildman–Crippen MR) is 33.0 cm³/mol. The van der Waals surface area contributed by atoms with Gasteiger partial charge in [-0.25, -0.2) is 10.1 Å². The van der Waals surface area contributed by atoms with Crippen molar-refractivity contribution in [1.29, 1.82) is 0 Å². The highest BCUT2D eigenvalue weighted by molar-refractivity contribution is 5.37. The largest absolute Gasteiger partial charge is 0.383 e. The number of hydrogen-bond donors (Lipinski definition) is 1. The Bertz CT molecular complexity index is 200. The molecule has 0 aromatic carbocycles.